The molecule has 1 nitrogen and oxygen atoms in total. The minimum absolute atomic E-state index is 0.0946. The first-order valence-electron chi connectivity index (χ1n) is 6.64. The van der Waals surface area contributed by atoms with E-state index in [4.69, 9.17) is 0 Å². The summed E-state index contributed by atoms with van der Waals surface area (Å²) >= 11 is 0. The van der Waals surface area contributed by atoms with Crippen LogP contribution in [0.1, 0.15) is 41.6 Å². The smallest absolute Gasteiger partial charge is 0.294 e. The summed E-state index contributed by atoms with van der Waals surface area (Å²) in [5.41, 5.74) is 0.211. The number of alkyl halides is 3. The van der Waals surface area contributed by atoms with Crippen LogP contribution in [0.15, 0.2) is 24.3 Å². The fraction of sp³-hybridized carbons (Fsp3) is 0.533. The molecule has 0 bridgehead atoms. The van der Waals surface area contributed by atoms with Crippen molar-refractivity contribution in [2.45, 2.75) is 38.3 Å². The zero-order valence-electron chi connectivity index (χ0n) is 10.5. The molecule has 3 rings (SSSR count). The molecule has 2 atom stereocenters. The van der Waals surface area contributed by atoms with Gasteiger partial charge in [0.15, 0.2) is 5.78 Å². The molecule has 0 N–H and O–H groups in total. The molecule has 2 aliphatic rings. The zero-order chi connectivity index (χ0) is 13.7. The topological polar surface area (TPSA) is 17.1 Å². The maximum absolute atomic E-state index is 13.2. The number of hydrogen-bond donors (Lipinski definition) is 0. The maximum Gasteiger partial charge on any atom is 0.392 e. The molecule has 0 heterocycles. The lowest BCUT2D eigenvalue weighted by atomic mass is 9.64. The van der Waals surface area contributed by atoms with Crippen molar-refractivity contribution >= 4 is 5.78 Å². The van der Waals surface area contributed by atoms with E-state index in [1.165, 1.54) is 0 Å². The van der Waals surface area contributed by atoms with E-state index >= 15 is 0 Å². The van der Waals surface area contributed by atoms with Gasteiger partial charge in [-0.15, -0.1) is 0 Å². The van der Waals surface area contributed by atoms with E-state index < -0.39 is 17.5 Å². The van der Waals surface area contributed by atoms with E-state index in [0.29, 0.717) is 31.2 Å². The molecule has 0 radical (unpaired) electrons. The molecule has 0 saturated heterocycles. The lowest BCUT2D eigenvalue weighted by Gasteiger charge is -2.38. The molecule has 1 aromatic carbocycles. The van der Waals surface area contributed by atoms with Gasteiger partial charge in [0.1, 0.15) is 0 Å². The highest BCUT2D eigenvalue weighted by Gasteiger charge is 2.60. The summed E-state index contributed by atoms with van der Waals surface area (Å²) in [6, 6.07) is 7.08. The van der Waals surface area contributed by atoms with Gasteiger partial charge in [-0.1, -0.05) is 30.7 Å². The molecular formula is C15H15F3O. The van der Waals surface area contributed by atoms with Crippen molar-refractivity contribution in [2.24, 2.45) is 11.3 Å². The van der Waals surface area contributed by atoms with Gasteiger partial charge in [-0.2, -0.15) is 13.2 Å². The number of ketones is 1. The van der Waals surface area contributed by atoms with Crippen LogP contribution in [0.4, 0.5) is 13.2 Å². The predicted octanol–water partition coefficient (Wildman–Crippen LogP) is 4.16. The van der Waals surface area contributed by atoms with Crippen LogP contribution in [0.5, 0.6) is 0 Å². The third-order valence-corrected chi connectivity index (χ3v) is 4.73. The van der Waals surface area contributed by atoms with Crippen LogP contribution in [-0.4, -0.2) is 12.0 Å². The first kappa shape index (κ1) is 12.7. The summed E-state index contributed by atoms with van der Waals surface area (Å²) in [4.78, 5) is 12.6. The molecule has 102 valence electrons. The molecule has 1 spiro atoms. The summed E-state index contributed by atoms with van der Waals surface area (Å²) in [6.07, 6.45) is -2.38. The van der Waals surface area contributed by atoms with Crippen molar-refractivity contribution in [3.8, 4) is 0 Å². The van der Waals surface area contributed by atoms with E-state index in [-0.39, 0.29) is 12.2 Å². The quantitative estimate of drug-likeness (QED) is 0.690. The standard InChI is InChI=1S/C15H15F3O/c16-15(17,18)12-6-3-8-14(12)9-7-10-4-1-2-5-11(10)13(14)19/h1-2,4-5,12H,3,6-9H2. The lowest BCUT2D eigenvalue weighted by molar-refractivity contribution is -0.194. The number of rotatable bonds is 0. The molecule has 0 aliphatic heterocycles. The highest BCUT2D eigenvalue weighted by molar-refractivity contribution is 6.03. The minimum atomic E-state index is -4.27. The Labute approximate surface area is 109 Å². The van der Waals surface area contributed by atoms with Crippen LogP contribution in [0, 0.1) is 11.3 Å². The fourth-order valence-electron chi connectivity index (χ4n) is 3.82. The van der Waals surface area contributed by atoms with E-state index in [1.807, 2.05) is 12.1 Å². The molecule has 4 heteroatoms. The van der Waals surface area contributed by atoms with Gasteiger partial charge in [-0.05, 0) is 31.2 Å². The summed E-state index contributed by atoms with van der Waals surface area (Å²) < 4.78 is 39.6. The normalized spacial score (nSPS) is 30.7. The third-order valence-electron chi connectivity index (χ3n) is 4.73. The second kappa shape index (κ2) is 4.09. The summed E-state index contributed by atoms with van der Waals surface area (Å²) in [7, 11) is 0. The van der Waals surface area contributed by atoms with Gasteiger partial charge in [0.05, 0.1) is 5.92 Å². The Morgan fingerprint density at radius 3 is 2.63 bits per heavy atom. The number of benzene rings is 1. The van der Waals surface area contributed by atoms with Crippen molar-refractivity contribution in [2.75, 3.05) is 0 Å². The molecular weight excluding hydrogens is 253 g/mol. The first-order chi connectivity index (χ1) is 8.95. The Bertz CT molecular complexity index is 520. The second-order valence-electron chi connectivity index (χ2n) is 5.63. The van der Waals surface area contributed by atoms with Crippen molar-refractivity contribution in [3.05, 3.63) is 35.4 Å². The lowest BCUT2D eigenvalue weighted by Crippen LogP contribution is -2.44. The minimum Gasteiger partial charge on any atom is -0.294 e. The number of Topliss-reactive ketones (excluding diaryl/α,β-unsaturated/α-hetero) is 1. The number of carbonyl (C=O) groups excluding carboxylic acids is 1. The van der Waals surface area contributed by atoms with E-state index in [9.17, 15) is 18.0 Å². The largest absolute Gasteiger partial charge is 0.392 e. The monoisotopic (exact) mass is 268 g/mol. The molecule has 19 heavy (non-hydrogen) atoms. The Morgan fingerprint density at radius 2 is 1.89 bits per heavy atom. The highest BCUT2D eigenvalue weighted by Crippen LogP contribution is 2.56. The van der Waals surface area contributed by atoms with Crippen LogP contribution in [-0.2, 0) is 6.42 Å². The van der Waals surface area contributed by atoms with Crippen molar-refractivity contribution < 1.29 is 18.0 Å². The number of halogens is 3. The maximum atomic E-state index is 13.2. The molecule has 1 fully saturated rings. The van der Waals surface area contributed by atoms with Gasteiger partial charge >= 0.3 is 6.18 Å². The van der Waals surface area contributed by atoms with E-state index in [2.05, 4.69) is 0 Å². The molecule has 1 saturated carbocycles. The van der Waals surface area contributed by atoms with Crippen molar-refractivity contribution in [1.82, 2.24) is 0 Å². The Hall–Kier alpha value is -1.32. The van der Waals surface area contributed by atoms with Crippen LogP contribution in [0.25, 0.3) is 0 Å². The number of fused-ring (bicyclic) bond motifs is 1. The average molecular weight is 268 g/mol. The Balaban J connectivity index is 2.05. The number of hydrogen-bond acceptors (Lipinski definition) is 1. The van der Waals surface area contributed by atoms with Crippen molar-refractivity contribution in [3.63, 3.8) is 0 Å². The van der Waals surface area contributed by atoms with Crippen LogP contribution in [0.2, 0.25) is 0 Å². The van der Waals surface area contributed by atoms with Gasteiger partial charge in [-0.25, -0.2) is 0 Å². The second-order valence-corrected chi connectivity index (χ2v) is 5.63. The number of aryl methyl sites for hydroxylation is 1. The number of carbonyl (C=O) groups is 1. The first-order valence-corrected chi connectivity index (χ1v) is 6.64. The predicted molar refractivity (Wildman–Crippen MR) is 64.9 cm³/mol. The average Bonchev–Trinajstić information content (AvgIpc) is 2.79. The Morgan fingerprint density at radius 1 is 1.16 bits per heavy atom. The van der Waals surface area contributed by atoms with E-state index in [1.54, 1.807) is 12.1 Å². The van der Waals surface area contributed by atoms with E-state index in [0.717, 1.165) is 5.56 Å². The molecule has 0 amide bonds. The SMILES string of the molecule is O=C1c2ccccc2CCC12CCCC2C(F)(F)F. The van der Waals surface area contributed by atoms with Crippen molar-refractivity contribution in [1.29, 1.82) is 0 Å². The van der Waals surface area contributed by atoms with Gasteiger partial charge < -0.3 is 0 Å². The molecule has 2 aliphatic carbocycles. The summed E-state index contributed by atoms with van der Waals surface area (Å²) in [6.45, 7) is 0. The highest BCUT2D eigenvalue weighted by atomic mass is 19.4. The van der Waals surface area contributed by atoms with Crippen LogP contribution in [0.3, 0.4) is 0 Å². The fourth-order valence-corrected chi connectivity index (χ4v) is 3.82. The van der Waals surface area contributed by atoms with Crippen LogP contribution < -0.4 is 0 Å². The summed E-state index contributed by atoms with van der Waals surface area (Å²) in [5, 5.41) is 0. The molecule has 0 aromatic heterocycles. The van der Waals surface area contributed by atoms with Gasteiger partial charge in [0.2, 0.25) is 0 Å². The summed E-state index contributed by atoms with van der Waals surface area (Å²) in [5.74, 6) is -1.74. The molecule has 1 aromatic rings. The van der Waals surface area contributed by atoms with Gasteiger partial charge in [0, 0.05) is 11.0 Å². The van der Waals surface area contributed by atoms with Gasteiger partial charge in [0.25, 0.3) is 0 Å². The third kappa shape index (κ3) is 1.80. The van der Waals surface area contributed by atoms with Crippen LogP contribution >= 0.6 is 0 Å². The zero-order valence-corrected chi connectivity index (χ0v) is 10.5. The Kier molecular flexibility index (Phi) is 2.73. The molecule has 2 unspecified atom stereocenters. The van der Waals surface area contributed by atoms with Gasteiger partial charge in [-0.3, -0.25) is 4.79 Å².